The molecule has 20 heavy (non-hydrogen) atoms. The average Bonchev–Trinajstić information content (AvgIpc) is 2.98. The van der Waals surface area contributed by atoms with Gasteiger partial charge in [-0.3, -0.25) is 9.59 Å². The van der Waals surface area contributed by atoms with Crippen LogP contribution in [0.5, 0.6) is 0 Å². The minimum absolute atomic E-state index is 0.00913. The van der Waals surface area contributed by atoms with E-state index in [2.05, 4.69) is 21.2 Å². The van der Waals surface area contributed by atoms with E-state index in [9.17, 15) is 9.59 Å². The maximum absolute atomic E-state index is 11.8. The van der Waals surface area contributed by atoms with Gasteiger partial charge in [0.2, 0.25) is 11.8 Å². The van der Waals surface area contributed by atoms with Crippen LogP contribution in [0.2, 0.25) is 0 Å². The van der Waals surface area contributed by atoms with E-state index in [-0.39, 0.29) is 18.4 Å². The van der Waals surface area contributed by atoms with Crippen LogP contribution in [0.25, 0.3) is 6.08 Å². The molecule has 0 unspecified atom stereocenters. The molecular formula is C15H17BrN2O2. The number of amides is 2. The van der Waals surface area contributed by atoms with Gasteiger partial charge in [0.15, 0.2) is 0 Å². The summed E-state index contributed by atoms with van der Waals surface area (Å²) < 4.78 is 0.928. The number of halogens is 1. The second-order valence-corrected chi connectivity index (χ2v) is 5.51. The summed E-state index contributed by atoms with van der Waals surface area (Å²) in [4.78, 5) is 25.2. The molecule has 1 fully saturated rings. The minimum atomic E-state index is -0.256. The molecule has 5 heteroatoms. The highest BCUT2D eigenvalue weighted by Crippen LogP contribution is 2.16. The molecule has 1 saturated heterocycles. The fourth-order valence-corrected chi connectivity index (χ4v) is 2.49. The molecule has 0 atom stereocenters. The van der Waals surface area contributed by atoms with Crippen molar-refractivity contribution in [3.63, 3.8) is 0 Å². The molecule has 4 nitrogen and oxygen atoms in total. The summed E-state index contributed by atoms with van der Waals surface area (Å²) in [5, 5.41) is 2.62. The maximum atomic E-state index is 11.8. The Balaban J connectivity index is 1.80. The van der Waals surface area contributed by atoms with Crippen LogP contribution < -0.4 is 5.32 Å². The molecule has 0 bridgehead atoms. The van der Waals surface area contributed by atoms with Gasteiger partial charge in [0.1, 0.15) is 0 Å². The van der Waals surface area contributed by atoms with E-state index in [1.807, 2.05) is 24.3 Å². The van der Waals surface area contributed by atoms with E-state index in [0.29, 0.717) is 0 Å². The number of carbonyl (C=O) groups excluding carboxylic acids is 2. The lowest BCUT2D eigenvalue weighted by molar-refractivity contribution is -0.131. The number of nitrogens with one attached hydrogen (secondary N) is 1. The van der Waals surface area contributed by atoms with Crippen molar-refractivity contribution in [1.82, 2.24) is 10.2 Å². The molecule has 1 heterocycles. The summed E-state index contributed by atoms with van der Waals surface area (Å²) in [5.41, 5.74) is 0.925. The molecule has 106 valence electrons. The standard InChI is InChI=1S/C15H17BrN2O2/c16-13-6-2-1-5-12(13)7-8-14(19)17-11-15(20)18-9-3-4-10-18/h1-2,5-8H,3-4,9-11H2,(H,17,19)/b8-7+. The third kappa shape index (κ3) is 4.20. The fourth-order valence-electron chi connectivity index (χ4n) is 2.08. The first-order valence-electron chi connectivity index (χ1n) is 6.65. The summed E-state index contributed by atoms with van der Waals surface area (Å²) in [6.45, 7) is 1.68. The summed E-state index contributed by atoms with van der Waals surface area (Å²) in [7, 11) is 0. The number of nitrogens with zero attached hydrogens (tertiary/aromatic N) is 1. The van der Waals surface area contributed by atoms with E-state index in [0.717, 1.165) is 36.0 Å². The highest BCUT2D eigenvalue weighted by atomic mass is 79.9. The Morgan fingerprint density at radius 2 is 1.95 bits per heavy atom. The molecule has 0 spiro atoms. The Bertz CT molecular complexity index is 522. The van der Waals surface area contributed by atoms with Gasteiger partial charge in [-0.2, -0.15) is 0 Å². The van der Waals surface area contributed by atoms with E-state index in [4.69, 9.17) is 0 Å². The van der Waals surface area contributed by atoms with Crippen molar-refractivity contribution in [2.75, 3.05) is 19.6 Å². The Labute approximate surface area is 127 Å². The number of carbonyl (C=O) groups is 2. The quantitative estimate of drug-likeness (QED) is 0.857. The van der Waals surface area contributed by atoms with Gasteiger partial charge in [0, 0.05) is 23.6 Å². The first-order chi connectivity index (χ1) is 9.66. The van der Waals surface area contributed by atoms with Crippen molar-refractivity contribution in [1.29, 1.82) is 0 Å². The average molecular weight is 337 g/mol. The molecular weight excluding hydrogens is 320 g/mol. The largest absolute Gasteiger partial charge is 0.343 e. The normalized spacial score (nSPS) is 14.8. The number of likely N-dealkylation sites (tertiary alicyclic amines) is 1. The lowest BCUT2D eigenvalue weighted by Gasteiger charge is -2.14. The molecule has 1 aliphatic heterocycles. The topological polar surface area (TPSA) is 49.4 Å². The molecule has 1 aromatic rings. The zero-order chi connectivity index (χ0) is 14.4. The predicted molar refractivity (Wildman–Crippen MR) is 82.0 cm³/mol. The molecule has 0 aromatic heterocycles. The van der Waals surface area contributed by atoms with Gasteiger partial charge in [-0.05, 0) is 30.5 Å². The van der Waals surface area contributed by atoms with Gasteiger partial charge in [0.25, 0.3) is 0 Å². The second-order valence-electron chi connectivity index (χ2n) is 4.66. The Hall–Kier alpha value is -1.62. The zero-order valence-corrected chi connectivity index (χ0v) is 12.7. The summed E-state index contributed by atoms with van der Waals surface area (Å²) in [6, 6.07) is 7.63. The van der Waals surface area contributed by atoms with Crippen molar-refractivity contribution in [2.24, 2.45) is 0 Å². The molecule has 1 aromatic carbocycles. The van der Waals surface area contributed by atoms with Gasteiger partial charge in [-0.25, -0.2) is 0 Å². The summed E-state index contributed by atoms with van der Waals surface area (Å²) >= 11 is 3.41. The lowest BCUT2D eigenvalue weighted by atomic mass is 10.2. The number of hydrogen-bond donors (Lipinski definition) is 1. The SMILES string of the molecule is O=C(/C=C/c1ccccc1Br)NCC(=O)N1CCCC1. The summed E-state index contributed by atoms with van der Waals surface area (Å²) in [5.74, 6) is -0.265. The Morgan fingerprint density at radius 3 is 2.65 bits per heavy atom. The van der Waals surface area contributed by atoms with Crippen LogP contribution in [-0.2, 0) is 9.59 Å². The third-order valence-electron chi connectivity index (χ3n) is 3.19. The number of rotatable bonds is 4. The first-order valence-corrected chi connectivity index (χ1v) is 7.44. The van der Waals surface area contributed by atoms with Crippen molar-refractivity contribution in [3.05, 3.63) is 40.4 Å². The molecule has 2 rings (SSSR count). The lowest BCUT2D eigenvalue weighted by Crippen LogP contribution is -2.38. The highest BCUT2D eigenvalue weighted by Gasteiger charge is 2.17. The molecule has 1 aliphatic rings. The van der Waals surface area contributed by atoms with E-state index >= 15 is 0 Å². The second kappa shape index (κ2) is 7.24. The van der Waals surface area contributed by atoms with Crippen LogP contribution in [-0.4, -0.2) is 36.3 Å². The monoisotopic (exact) mass is 336 g/mol. The van der Waals surface area contributed by atoms with Gasteiger partial charge in [-0.15, -0.1) is 0 Å². The summed E-state index contributed by atoms with van der Waals surface area (Å²) in [6.07, 6.45) is 5.28. The van der Waals surface area contributed by atoms with Gasteiger partial charge < -0.3 is 10.2 Å². The molecule has 2 amide bonds. The molecule has 0 radical (unpaired) electrons. The third-order valence-corrected chi connectivity index (χ3v) is 3.91. The fraction of sp³-hybridized carbons (Fsp3) is 0.333. The van der Waals surface area contributed by atoms with Crippen molar-refractivity contribution < 1.29 is 9.59 Å². The number of hydrogen-bond acceptors (Lipinski definition) is 2. The van der Waals surface area contributed by atoms with E-state index in [1.54, 1.807) is 11.0 Å². The smallest absolute Gasteiger partial charge is 0.244 e. The van der Waals surface area contributed by atoms with Gasteiger partial charge in [-0.1, -0.05) is 34.1 Å². The Kier molecular flexibility index (Phi) is 5.35. The molecule has 0 saturated carbocycles. The van der Waals surface area contributed by atoms with E-state index in [1.165, 1.54) is 6.08 Å². The van der Waals surface area contributed by atoms with Gasteiger partial charge in [0.05, 0.1) is 6.54 Å². The van der Waals surface area contributed by atoms with Crippen LogP contribution in [0.3, 0.4) is 0 Å². The van der Waals surface area contributed by atoms with Crippen LogP contribution >= 0.6 is 15.9 Å². The van der Waals surface area contributed by atoms with E-state index < -0.39 is 0 Å². The van der Waals surface area contributed by atoms with Gasteiger partial charge >= 0.3 is 0 Å². The minimum Gasteiger partial charge on any atom is -0.343 e. The molecule has 1 N–H and O–H groups in total. The number of benzene rings is 1. The van der Waals surface area contributed by atoms with Crippen LogP contribution in [0.4, 0.5) is 0 Å². The predicted octanol–water partition coefficient (Wildman–Crippen LogP) is 2.20. The van der Waals surface area contributed by atoms with Crippen molar-refractivity contribution in [2.45, 2.75) is 12.8 Å². The van der Waals surface area contributed by atoms with Crippen molar-refractivity contribution >= 4 is 33.8 Å². The maximum Gasteiger partial charge on any atom is 0.244 e. The highest BCUT2D eigenvalue weighted by molar-refractivity contribution is 9.10. The van der Waals surface area contributed by atoms with Crippen LogP contribution in [0, 0.1) is 0 Å². The van der Waals surface area contributed by atoms with Crippen LogP contribution in [0.15, 0.2) is 34.8 Å². The van der Waals surface area contributed by atoms with Crippen LogP contribution in [0.1, 0.15) is 18.4 Å². The van der Waals surface area contributed by atoms with Crippen molar-refractivity contribution in [3.8, 4) is 0 Å². The first kappa shape index (κ1) is 14.8. The molecule has 0 aliphatic carbocycles. The Morgan fingerprint density at radius 1 is 1.25 bits per heavy atom. The zero-order valence-electron chi connectivity index (χ0n) is 11.1.